The molecule has 0 unspecified atom stereocenters. The minimum atomic E-state index is -0.159. The molecule has 4 heteroatoms. The maximum Gasteiger partial charge on any atom is 0.244 e. The number of hydrogen-bond acceptors (Lipinski definition) is 3. The molecule has 0 saturated heterocycles. The van der Waals surface area contributed by atoms with Crippen molar-refractivity contribution in [3.63, 3.8) is 0 Å². The standard InChI is InChI=1S/C19H21NO3/c1-13-11-16(13)18-9-7-15(23-18)8-10-19(21)20-12-14-5-3-4-6-17(14)22-2/h3-10,13,16H,11-12H2,1-2H3,(H,20,21)/b10-8+/t13-,16+/m0/s1. The largest absolute Gasteiger partial charge is 0.496 e. The van der Waals surface area contributed by atoms with Gasteiger partial charge in [0.25, 0.3) is 0 Å². The van der Waals surface area contributed by atoms with Crippen molar-refractivity contribution in [1.82, 2.24) is 5.32 Å². The number of ether oxygens (including phenoxy) is 1. The fourth-order valence-electron chi connectivity index (χ4n) is 2.62. The van der Waals surface area contributed by atoms with E-state index in [1.807, 2.05) is 36.4 Å². The van der Waals surface area contributed by atoms with Crippen LogP contribution in [0.1, 0.15) is 36.3 Å². The summed E-state index contributed by atoms with van der Waals surface area (Å²) in [5.74, 6) is 3.61. The van der Waals surface area contributed by atoms with Crippen molar-refractivity contribution in [2.24, 2.45) is 5.92 Å². The molecular weight excluding hydrogens is 290 g/mol. The van der Waals surface area contributed by atoms with Crippen molar-refractivity contribution >= 4 is 12.0 Å². The molecule has 2 aromatic rings. The smallest absolute Gasteiger partial charge is 0.244 e. The van der Waals surface area contributed by atoms with Gasteiger partial charge in [0.05, 0.1) is 7.11 Å². The highest BCUT2D eigenvalue weighted by atomic mass is 16.5. The van der Waals surface area contributed by atoms with Gasteiger partial charge in [0.2, 0.25) is 5.91 Å². The molecule has 1 aromatic heterocycles. The van der Waals surface area contributed by atoms with Crippen LogP contribution in [-0.4, -0.2) is 13.0 Å². The summed E-state index contributed by atoms with van der Waals surface area (Å²) >= 11 is 0. The van der Waals surface area contributed by atoms with Crippen LogP contribution in [0, 0.1) is 5.92 Å². The van der Waals surface area contributed by atoms with Crippen molar-refractivity contribution in [3.05, 3.63) is 59.6 Å². The first kappa shape index (κ1) is 15.4. The van der Waals surface area contributed by atoms with Gasteiger partial charge >= 0.3 is 0 Å². The van der Waals surface area contributed by atoms with Crippen LogP contribution in [0.4, 0.5) is 0 Å². The van der Waals surface area contributed by atoms with E-state index in [4.69, 9.17) is 9.15 Å². The average Bonchev–Trinajstić information content (AvgIpc) is 3.11. The topological polar surface area (TPSA) is 51.5 Å². The Morgan fingerprint density at radius 1 is 1.35 bits per heavy atom. The summed E-state index contributed by atoms with van der Waals surface area (Å²) in [4.78, 5) is 11.9. The van der Waals surface area contributed by atoms with Crippen molar-refractivity contribution in [3.8, 4) is 5.75 Å². The average molecular weight is 311 g/mol. The molecule has 4 nitrogen and oxygen atoms in total. The molecule has 1 amide bonds. The van der Waals surface area contributed by atoms with Crippen molar-refractivity contribution in [2.45, 2.75) is 25.8 Å². The van der Waals surface area contributed by atoms with Gasteiger partial charge in [-0.15, -0.1) is 0 Å². The Kier molecular flexibility index (Phi) is 4.51. The lowest BCUT2D eigenvalue weighted by Gasteiger charge is -2.08. The van der Waals surface area contributed by atoms with Gasteiger partial charge in [-0.1, -0.05) is 25.1 Å². The molecule has 1 heterocycles. The third kappa shape index (κ3) is 3.83. The lowest BCUT2D eigenvalue weighted by atomic mass is 10.2. The zero-order valence-corrected chi connectivity index (χ0v) is 13.4. The number of hydrogen-bond donors (Lipinski definition) is 1. The number of methoxy groups -OCH3 is 1. The van der Waals surface area contributed by atoms with E-state index in [2.05, 4.69) is 12.2 Å². The minimum absolute atomic E-state index is 0.159. The van der Waals surface area contributed by atoms with Gasteiger partial charge in [0.15, 0.2) is 0 Å². The van der Waals surface area contributed by atoms with Crippen LogP contribution in [0.15, 0.2) is 46.9 Å². The molecule has 1 fully saturated rings. The number of carbonyl (C=O) groups excluding carboxylic acids is 1. The van der Waals surface area contributed by atoms with E-state index in [0.29, 0.717) is 24.1 Å². The van der Waals surface area contributed by atoms with Crippen LogP contribution < -0.4 is 10.1 Å². The van der Waals surface area contributed by atoms with Gasteiger partial charge in [0.1, 0.15) is 17.3 Å². The molecule has 0 spiro atoms. The predicted octanol–water partition coefficient (Wildman–Crippen LogP) is 3.74. The highest BCUT2D eigenvalue weighted by molar-refractivity contribution is 5.91. The zero-order chi connectivity index (χ0) is 16.2. The van der Waals surface area contributed by atoms with Crippen LogP contribution in [0.3, 0.4) is 0 Å². The van der Waals surface area contributed by atoms with Crippen molar-refractivity contribution in [1.29, 1.82) is 0 Å². The lowest BCUT2D eigenvalue weighted by molar-refractivity contribution is -0.116. The zero-order valence-electron chi connectivity index (χ0n) is 13.4. The Hall–Kier alpha value is -2.49. The van der Waals surface area contributed by atoms with Gasteiger partial charge in [-0.2, -0.15) is 0 Å². The number of carbonyl (C=O) groups is 1. The quantitative estimate of drug-likeness (QED) is 0.827. The van der Waals surface area contributed by atoms with E-state index in [9.17, 15) is 4.79 Å². The van der Waals surface area contributed by atoms with E-state index in [0.717, 1.165) is 17.1 Å². The Morgan fingerprint density at radius 3 is 2.87 bits per heavy atom. The predicted molar refractivity (Wildman–Crippen MR) is 89.1 cm³/mol. The fourth-order valence-corrected chi connectivity index (χ4v) is 2.62. The molecular formula is C19H21NO3. The molecule has 1 aromatic carbocycles. The summed E-state index contributed by atoms with van der Waals surface area (Å²) in [7, 11) is 1.62. The van der Waals surface area contributed by atoms with Gasteiger partial charge < -0.3 is 14.5 Å². The van der Waals surface area contributed by atoms with Gasteiger partial charge in [-0.3, -0.25) is 4.79 Å². The second kappa shape index (κ2) is 6.73. The number of benzene rings is 1. The van der Waals surface area contributed by atoms with Crippen LogP contribution in [0.5, 0.6) is 5.75 Å². The van der Waals surface area contributed by atoms with Crippen LogP contribution >= 0.6 is 0 Å². The molecule has 3 rings (SSSR count). The molecule has 2 atom stereocenters. The second-order valence-electron chi connectivity index (χ2n) is 5.92. The number of rotatable bonds is 6. The first-order valence-electron chi connectivity index (χ1n) is 7.85. The van der Waals surface area contributed by atoms with E-state index >= 15 is 0 Å². The van der Waals surface area contributed by atoms with E-state index < -0.39 is 0 Å². The van der Waals surface area contributed by atoms with Crippen molar-refractivity contribution < 1.29 is 13.9 Å². The summed E-state index contributed by atoms with van der Waals surface area (Å²) in [5, 5.41) is 2.85. The van der Waals surface area contributed by atoms with Crippen LogP contribution in [0.25, 0.3) is 6.08 Å². The maximum atomic E-state index is 11.9. The summed E-state index contributed by atoms with van der Waals surface area (Å²) in [6, 6.07) is 11.5. The van der Waals surface area contributed by atoms with E-state index in [-0.39, 0.29) is 5.91 Å². The van der Waals surface area contributed by atoms with Crippen LogP contribution in [0.2, 0.25) is 0 Å². The van der Waals surface area contributed by atoms with Gasteiger partial charge in [0, 0.05) is 24.1 Å². The summed E-state index contributed by atoms with van der Waals surface area (Å²) in [6.45, 7) is 2.64. The second-order valence-corrected chi connectivity index (χ2v) is 5.92. The summed E-state index contributed by atoms with van der Waals surface area (Å²) < 4.78 is 11.0. The third-order valence-corrected chi connectivity index (χ3v) is 4.17. The summed E-state index contributed by atoms with van der Waals surface area (Å²) in [6.07, 6.45) is 4.39. The molecule has 23 heavy (non-hydrogen) atoms. The Balaban J connectivity index is 1.53. The van der Waals surface area contributed by atoms with Gasteiger partial charge in [-0.05, 0) is 36.6 Å². The van der Waals surface area contributed by atoms with E-state index in [1.54, 1.807) is 13.2 Å². The van der Waals surface area contributed by atoms with Gasteiger partial charge in [-0.25, -0.2) is 0 Å². The maximum absolute atomic E-state index is 11.9. The minimum Gasteiger partial charge on any atom is -0.496 e. The van der Waals surface area contributed by atoms with Crippen molar-refractivity contribution in [2.75, 3.05) is 7.11 Å². The number of nitrogens with one attached hydrogen (secondary N) is 1. The highest BCUT2D eigenvalue weighted by Gasteiger charge is 2.36. The Labute approximate surface area is 136 Å². The SMILES string of the molecule is COc1ccccc1CNC(=O)/C=C/c1ccc([C@@H]2C[C@@H]2C)o1. The first-order valence-corrected chi connectivity index (χ1v) is 7.85. The Morgan fingerprint density at radius 2 is 2.13 bits per heavy atom. The molecule has 0 bridgehead atoms. The molecule has 0 radical (unpaired) electrons. The fraction of sp³-hybridized carbons (Fsp3) is 0.316. The normalized spacial score (nSPS) is 19.7. The lowest BCUT2D eigenvalue weighted by Crippen LogP contribution is -2.20. The molecule has 1 saturated carbocycles. The number of amides is 1. The summed E-state index contributed by atoms with van der Waals surface area (Å²) in [5.41, 5.74) is 0.944. The highest BCUT2D eigenvalue weighted by Crippen LogP contribution is 2.47. The molecule has 0 aliphatic heterocycles. The molecule has 1 N–H and O–H groups in total. The molecule has 120 valence electrons. The van der Waals surface area contributed by atoms with E-state index in [1.165, 1.54) is 12.5 Å². The number of furan rings is 1. The van der Waals surface area contributed by atoms with Crippen LogP contribution in [-0.2, 0) is 11.3 Å². The molecule has 1 aliphatic rings. The first-order chi connectivity index (χ1) is 11.2. The third-order valence-electron chi connectivity index (χ3n) is 4.17. The monoisotopic (exact) mass is 311 g/mol. The Bertz CT molecular complexity index is 717. The molecule has 1 aliphatic carbocycles. The number of para-hydroxylation sites is 1.